The van der Waals surface area contributed by atoms with Gasteiger partial charge in [-0.25, -0.2) is 13.6 Å². The fourth-order valence-corrected chi connectivity index (χ4v) is 1.64. The normalized spacial score (nSPS) is 12.9. The molecule has 1 unspecified atom stereocenters. The second-order valence-electron chi connectivity index (χ2n) is 5.93. The highest BCUT2D eigenvalue weighted by Gasteiger charge is 2.17. The summed E-state index contributed by atoms with van der Waals surface area (Å²) >= 11 is 0. The molecule has 1 aromatic carbocycles. The van der Waals surface area contributed by atoms with Gasteiger partial charge in [0.15, 0.2) is 11.6 Å². The number of ether oxygens (including phenoxy) is 1. The van der Waals surface area contributed by atoms with E-state index in [2.05, 4.69) is 10.6 Å². The summed E-state index contributed by atoms with van der Waals surface area (Å²) < 4.78 is 30.9. The Hall–Kier alpha value is -1.69. The van der Waals surface area contributed by atoms with Crippen molar-refractivity contribution in [2.45, 2.75) is 45.9 Å². The molecule has 0 radical (unpaired) electrons. The van der Waals surface area contributed by atoms with E-state index in [0.29, 0.717) is 18.7 Å². The zero-order chi connectivity index (χ0) is 16.0. The monoisotopic (exact) mass is 300 g/mol. The van der Waals surface area contributed by atoms with Crippen molar-refractivity contribution in [3.63, 3.8) is 0 Å². The van der Waals surface area contributed by atoms with Crippen molar-refractivity contribution < 1.29 is 18.3 Å². The molecule has 0 aromatic heterocycles. The maximum Gasteiger partial charge on any atom is 0.407 e. The van der Waals surface area contributed by atoms with Crippen LogP contribution in [0.15, 0.2) is 18.2 Å². The van der Waals surface area contributed by atoms with Crippen molar-refractivity contribution in [1.82, 2.24) is 10.6 Å². The van der Waals surface area contributed by atoms with Gasteiger partial charge < -0.3 is 15.4 Å². The van der Waals surface area contributed by atoms with Gasteiger partial charge in [-0.2, -0.15) is 0 Å². The van der Waals surface area contributed by atoms with Gasteiger partial charge in [0, 0.05) is 19.1 Å². The lowest BCUT2D eigenvalue weighted by molar-refractivity contribution is 0.0508. The molecule has 1 rings (SSSR count). The van der Waals surface area contributed by atoms with Crippen LogP contribution in [0.25, 0.3) is 0 Å². The lowest BCUT2D eigenvalue weighted by Crippen LogP contribution is -2.42. The minimum atomic E-state index is -0.866. The number of hydrogen-bond acceptors (Lipinski definition) is 3. The highest BCUT2D eigenvalue weighted by atomic mass is 19.2. The lowest BCUT2D eigenvalue weighted by Gasteiger charge is -2.22. The summed E-state index contributed by atoms with van der Waals surface area (Å²) in [6.07, 6.45) is -0.482. The summed E-state index contributed by atoms with van der Waals surface area (Å²) in [7, 11) is 0. The van der Waals surface area contributed by atoms with E-state index in [1.54, 1.807) is 20.8 Å². The molecule has 1 atom stereocenters. The molecule has 4 nitrogen and oxygen atoms in total. The van der Waals surface area contributed by atoms with Crippen LogP contribution < -0.4 is 10.6 Å². The summed E-state index contributed by atoms with van der Waals surface area (Å²) in [5.41, 5.74) is 0.0986. The summed E-state index contributed by atoms with van der Waals surface area (Å²) in [5, 5.41) is 5.74. The first kappa shape index (κ1) is 17.4. The van der Waals surface area contributed by atoms with Crippen LogP contribution in [0.2, 0.25) is 0 Å². The highest BCUT2D eigenvalue weighted by Crippen LogP contribution is 2.08. The number of hydrogen-bond donors (Lipinski definition) is 2. The Bertz CT molecular complexity index is 487. The first-order valence-electron chi connectivity index (χ1n) is 6.81. The fraction of sp³-hybridized carbons (Fsp3) is 0.533. The van der Waals surface area contributed by atoms with Crippen LogP contribution in [0.5, 0.6) is 0 Å². The number of nitrogens with one attached hydrogen (secondary N) is 2. The van der Waals surface area contributed by atoms with Gasteiger partial charge in [0.25, 0.3) is 0 Å². The number of carbonyl (C=O) groups excluding carboxylic acids is 1. The van der Waals surface area contributed by atoms with Crippen molar-refractivity contribution in [3.8, 4) is 0 Å². The second kappa shape index (κ2) is 7.36. The first-order chi connectivity index (χ1) is 9.67. The summed E-state index contributed by atoms with van der Waals surface area (Å²) in [4.78, 5) is 11.5. The van der Waals surface area contributed by atoms with Crippen LogP contribution in [-0.2, 0) is 11.3 Å². The van der Waals surface area contributed by atoms with E-state index in [1.807, 2.05) is 6.92 Å². The van der Waals surface area contributed by atoms with E-state index >= 15 is 0 Å². The summed E-state index contributed by atoms with van der Waals surface area (Å²) in [6.45, 7) is 8.06. The smallest absolute Gasteiger partial charge is 0.407 e. The van der Waals surface area contributed by atoms with Gasteiger partial charge in [-0.15, -0.1) is 0 Å². The molecule has 0 aliphatic heterocycles. The molecule has 0 aliphatic rings. The zero-order valence-corrected chi connectivity index (χ0v) is 12.8. The van der Waals surface area contributed by atoms with Gasteiger partial charge in [0.1, 0.15) is 5.60 Å². The van der Waals surface area contributed by atoms with Crippen LogP contribution >= 0.6 is 0 Å². The lowest BCUT2D eigenvalue weighted by atomic mass is 10.2. The predicted molar refractivity (Wildman–Crippen MR) is 76.9 cm³/mol. The highest BCUT2D eigenvalue weighted by molar-refractivity contribution is 5.68. The molecule has 1 amide bonds. The minimum Gasteiger partial charge on any atom is -0.444 e. The van der Waals surface area contributed by atoms with Gasteiger partial charge in [-0.1, -0.05) is 6.07 Å². The Labute approximate surface area is 123 Å². The van der Waals surface area contributed by atoms with E-state index in [0.717, 1.165) is 12.1 Å². The minimum absolute atomic E-state index is 0.148. The molecule has 0 fully saturated rings. The molecule has 0 saturated carbocycles. The van der Waals surface area contributed by atoms with Crippen molar-refractivity contribution in [2.24, 2.45) is 0 Å². The van der Waals surface area contributed by atoms with Crippen molar-refractivity contribution in [3.05, 3.63) is 35.4 Å². The Morgan fingerprint density at radius 3 is 2.52 bits per heavy atom. The SMILES string of the molecule is CC(CNCc1ccc(F)c(F)c1)NC(=O)OC(C)(C)C. The van der Waals surface area contributed by atoms with Crippen molar-refractivity contribution in [1.29, 1.82) is 0 Å². The molecule has 2 N–H and O–H groups in total. The molecule has 0 heterocycles. The standard InChI is InChI=1S/C15H22F2N2O2/c1-10(19-14(20)21-15(2,3)4)8-18-9-11-5-6-12(16)13(17)7-11/h5-7,10,18H,8-9H2,1-4H3,(H,19,20). The van der Waals surface area contributed by atoms with E-state index in [9.17, 15) is 13.6 Å². The van der Waals surface area contributed by atoms with Gasteiger partial charge in [-0.05, 0) is 45.4 Å². The van der Waals surface area contributed by atoms with E-state index in [1.165, 1.54) is 6.07 Å². The number of benzene rings is 1. The average Bonchev–Trinajstić information content (AvgIpc) is 2.31. The molecular formula is C15H22F2N2O2. The van der Waals surface area contributed by atoms with E-state index < -0.39 is 23.3 Å². The Balaban J connectivity index is 2.31. The zero-order valence-electron chi connectivity index (χ0n) is 12.8. The molecule has 0 bridgehead atoms. The molecule has 0 aliphatic carbocycles. The third-order valence-electron chi connectivity index (χ3n) is 2.53. The van der Waals surface area contributed by atoms with Crippen molar-refractivity contribution >= 4 is 6.09 Å². The topological polar surface area (TPSA) is 50.4 Å². The number of rotatable bonds is 5. The molecule has 6 heteroatoms. The number of amides is 1. The Morgan fingerprint density at radius 1 is 1.29 bits per heavy atom. The van der Waals surface area contributed by atoms with Gasteiger partial charge in [0.2, 0.25) is 0 Å². The Kier molecular flexibility index (Phi) is 6.08. The molecule has 21 heavy (non-hydrogen) atoms. The predicted octanol–water partition coefficient (Wildman–Crippen LogP) is 2.97. The van der Waals surface area contributed by atoms with Crippen LogP contribution in [0.3, 0.4) is 0 Å². The Morgan fingerprint density at radius 2 is 1.95 bits per heavy atom. The van der Waals surface area contributed by atoms with Crippen LogP contribution in [0, 0.1) is 11.6 Å². The van der Waals surface area contributed by atoms with Crippen LogP contribution in [0.4, 0.5) is 13.6 Å². The van der Waals surface area contributed by atoms with Gasteiger partial charge >= 0.3 is 6.09 Å². The van der Waals surface area contributed by atoms with Gasteiger partial charge in [-0.3, -0.25) is 0 Å². The molecule has 0 saturated heterocycles. The maximum atomic E-state index is 13.0. The van der Waals surface area contributed by atoms with E-state index in [4.69, 9.17) is 4.74 Å². The third kappa shape index (κ3) is 7.04. The third-order valence-corrected chi connectivity index (χ3v) is 2.53. The number of alkyl carbamates (subject to hydrolysis) is 1. The number of halogens is 2. The van der Waals surface area contributed by atoms with Crippen molar-refractivity contribution in [2.75, 3.05) is 6.54 Å². The largest absolute Gasteiger partial charge is 0.444 e. The molecular weight excluding hydrogens is 278 g/mol. The molecule has 118 valence electrons. The fourth-order valence-electron chi connectivity index (χ4n) is 1.64. The van der Waals surface area contributed by atoms with Crippen LogP contribution in [-0.4, -0.2) is 24.3 Å². The second-order valence-corrected chi connectivity index (χ2v) is 5.93. The first-order valence-corrected chi connectivity index (χ1v) is 6.81. The van der Waals surface area contributed by atoms with Crippen LogP contribution in [0.1, 0.15) is 33.3 Å². The molecule has 0 spiro atoms. The quantitative estimate of drug-likeness (QED) is 0.879. The number of carbonyl (C=O) groups is 1. The summed E-state index contributed by atoms with van der Waals surface area (Å²) in [5.74, 6) is -1.73. The van der Waals surface area contributed by atoms with Gasteiger partial charge in [0.05, 0.1) is 0 Å². The maximum absolute atomic E-state index is 13.0. The molecule has 1 aromatic rings. The van der Waals surface area contributed by atoms with E-state index in [-0.39, 0.29) is 6.04 Å². The average molecular weight is 300 g/mol. The summed E-state index contributed by atoms with van der Waals surface area (Å²) in [6, 6.07) is 3.60.